The molecule has 0 fully saturated rings. The molecule has 238 valence electrons. The number of aryl methyl sites for hydroxylation is 1. The van der Waals surface area contributed by atoms with Crippen LogP contribution in [0.5, 0.6) is 11.5 Å². The summed E-state index contributed by atoms with van der Waals surface area (Å²) in [4.78, 5) is 39.6. The second-order valence-corrected chi connectivity index (χ2v) is 11.9. The fraction of sp³-hybridized carbons (Fsp3) is 0.343. The standard InChI is InChI=1S/C35H41N3O6S/c1-5-6-15-26(33-30(43-3)17-23(2)18-31(33)44-4)36-34(41)27(22-45-21-24-12-8-7-9-13-24)37-35(42)29-19-25-14-10-11-16-28(25)38(29)20-32(39)40/h7-14,16-19,26-27H,5-6,15,20-22H2,1-4H3,(H,36,41)(H,37,42)(H,39,40)/t26?,27-/m0/s1. The Labute approximate surface area is 268 Å². The number of hydrogen-bond donors (Lipinski definition) is 3. The normalized spacial score (nSPS) is 12.4. The molecule has 4 rings (SSSR count). The van der Waals surface area contributed by atoms with Crippen molar-refractivity contribution in [3.05, 3.63) is 95.2 Å². The number of aromatic nitrogens is 1. The van der Waals surface area contributed by atoms with E-state index in [1.54, 1.807) is 32.4 Å². The van der Waals surface area contributed by atoms with E-state index in [4.69, 9.17) is 9.47 Å². The van der Waals surface area contributed by atoms with E-state index in [0.29, 0.717) is 34.9 Å². The van der Waals surface area contributed by atoms with Crippen LogP contribution in [0.1, 0.15) is 59.4 Å². The number of hydrogen-bond acceptors (Lipinski definition) is 6. The number of amides is 2. The maximum absolute atomic E-state index is 14.1. The fourth-order valence-corrected chi connectivity index (χ4v) is 6.39. The van der Waals surface area contributed by atoms with E-state index in [9.17, 15) is 19.5 Å². The molecule has 9 nitrogen and oxygen atoms in total. The minimum atomic E-state index is -1.07. The lowest BCUT2D eigenvalue weighted by molar-refractivity contribution is -0.137. The zero-order valence-electron chi connectivity index (χ0n) is 26.2. The Bertz CT molecular complexity index is 1600. The van der Waals surface area contributed by atoms with Crippen LogP contribution in [0.2, 0.25) is 0 Å². The molecule has 1 heterocycles. The van der Waals surface area contributed by atoms with E-state index in [1.165, 1.54) is 16.3 Å². The molecular weight excluding hydrogens is 590 g/mol. The van der Waals surface area contributed by atoms with Gasteiger partial charge >= 0.3 is 5.97 Å². The third-order valence-corrected chi connectivity index (χ3v) is 8.66. The third-order valence-electron chi connectivity index (χ3n) is 7.55. The lowest BCUT2D eigenvalue weighted by Gasteiger charge is -2.26. The van der Waals surface area contributed by atoms with Crippen molar-refractivity contribution in [3.8, 4) is 11.5 Å². The summed E-state index contributed by atoms with van der Waals surface area (Å²) in [6.45, 7) is 3.65. The topological polar surface area (TPSA) is 119 Å². The summed E-state index contributed by atoms with van der Waals surface area (Å²) in [7, 11) is 3.19. The molecule has 1 aromatic heterocycles. The van der Waals surface area contributed by atoms with Crippen LogP contribution in [0, 0.1) is 6.92 Å². The van der Waals surface area contributed by atoms with E-state index in [-0.39, 0.29) is 18.1 Å². The van der Waals surface area contributed by atoms with Crippen LogP contribution in [0.3, 0.4) is 0 Å². The van der Waals surface area contributed by atoms with Crippen LogP contribution in [-0.4, -0.2) is 53.5 Å². The molecule has 3 N–H and O–H groups in total. The first-order valence-electron chi connectivity index (χ1n) is 15.0. The summed E-state index contributed by atoms with van der Waals surface area (Å²) < 4.78 is 12.9. The van der Waals surface area contributed by atoms with Crippen molar-refractivity contribution >= 4 is 40.4 Å². The number of carbonyl (C=O) groups excluding carboxylic acids is 2. The summed E-state index contributed by atoms with van der Waals surface area (Å²) in [5, 5.41) is 16.4. The van der Waals surface area contributed by atoms with Crippen LogP contribution >= 0.6 is 11.8 Å². The Morgan fingerprint density at radius 1 is 0.933 bits per heavy atom. The number of unbranched alkanes of at least 4 members (excludes halogenated alkanes) is 1. The monoisotopic (exact) mass is 631 g/mol. The van der Waals surface area contributed by atoms with Gasteiger partial charge in [-0.05, 0) is 48.7 Å². The minimum Gasteiger partial charge on any atom is -0.496 e. The molecule has 0 radical (unpaired) electrons. The van der Waals surface area contributed by atoms with Crippen LogP contribution in [0.25, 0.3) is 10.9 Å². The van der Waals surface area contributed by atoms with Gasteiger partial charge in [0.25, 0.3) is 5.91 Å². The first kappa shape index (κ1) is 33.5. The molecule has 45 heavy (non-hydrogen) atoms. The molecule has 4 aromatic rings. The molecule has 1 unspecified atom stereocenters. The number of aliphatic carboxylic acids is 1. The highest BCUT2D eigenvalue weighted by molar-refractivity contribution is 7.98. The number of carboxylic acid groups (broad SMARTS) is 1. The number of thioether (sulfide) groups is 1. The molecule has 0 bridgehead atoms. The van der Waals surface area contributed by atoms with Crippen molar-refractivity contribution < 1.29 is 29.0 Å². The SMILES string of the molecule is CCCCC(NC(=O)[C@H](CSCc1ccccc1)NC(=O)c1cc2ccccc2n1CC(=O)O)c1c(OC)cc(C)cc1OC. The molecule has 0 saturated heterocycles. The van der Waals surface area contributed by atoms with Gasteiger partial charge in [-0.15, -0.1) is 0 Å². The Morgan fingerprint density at radius 3 is 2.24 bits per heavy atom. The molecular formula is C35H41N3O6S. The molecule has 3 aromatic carbocycles. The molecule has 2 amide bonds. The first-order valence-corrected chi connectivity index (χ1v) is 16.2. The number of para-hydroxylation sites is 1. The Balaban J connectivity index is 1.65. The molecule has 0 aliphatic heterocycles. The van der Waals surface area contributed by atoms with E-state index in [0.717, 1.165) is 34.9 Å². The lowest BCUT2D eigenvalue weighted by Crippen LogP contribution is -2.49. The second-order valence-electron chi connectivity index (χ2n) is 10.9. The lowest BCUT2D eigenvalue weighted by atomic mass is 9.97. The van der Waals surface area contributed by atoms with Gasteiger partial charge in [-0.1, -0.05) is 68.3 Å². The van der Waals surface area contributed by atoms with Gasteiger partial charge < -0.3 is 29.8 Å². The highest BCUT2D eigenvalue weighted by Crippen LogP contribution is 2.38. The highest BCUT2D eigenvalue weighted by Gasteiger charge is 2.29. The summed E-state index contributed by atoms with van der Waals surface area (Å²) in [5.41, 5.74) is 3.62. The predicted octanol–water partition coefficient (Wildman–Crippen LogP) is 6.13. The fourth-order valence-electron chi connectivity index (χ4n) is 5.37. The maximum atomic E-state index is 14.1. The zero-order valence-corrected chi connectivity index (χ0v) is 27.0. The van der Waals surface area contributed by atoms with Gasteiger partial charge in [0, 0.05) is 22.4 Å². The van der Waals surface area contributed by atoms with Crippen molar-refractivity contribution in [1.29, 1.82) is 0 Å². The minimum absolute atomic E-state index is 0.175. The predicted molar refractivity (Wildman–Crippen MR) is 178 cm³/mol. The van der Waals surface area contributed by atoms with Gasteiger partial charge in [0.15, 0.2) is 0 Å². The van der Waals surface area contributed by atoms with Gasteiger partial charge in [-0.3, -0.25) is 14.4 Å². The Hall–Kier alpha value is -4.44. The van der Waals surface area contributed by atoms with Crippen LogP contribution in [0.4, 0.5) is 0 Å². The van der Waals surface area contributed by atoms with E-state index < -0.39 is 24.0 Å². The van der Waals surface area contributed by atoms with Gasteiger partial charge in [-0.25, -0.2) is 0 Å². The van der Waals surface area contributed by atoms with Crippen LogP contribution in [-0.2, 0) is 21.9 Å². The number of fused-ring (bicyclic) bond motifs is 1. The maximum Gasteiger partial charge on any atom is 0.323 e. The molecule has 0 aliphatic rings. The molecule has 0 aliphatic carbocycles. The van der Waals surface area contributed by atoms with Crippen LogP contribution in [0.15, 0.2) is 72.8 Å². The zero-order chi connectivity index (χ0) is 32.3. The smallest absolute Gasteiger partial charge is 0.323 e. The summed E-state index contributed by atoms with van der Waals surface area (Å²) in [6.07, 6.45) is 2.41. The number of carboxylic acids is 1. The Morgan fingerprint density at radius 2 is 1.60 bits per heavy atom. The first-order chi connectivity index (χ1) is 21.7. The average molecular weight is 632 g/mol. The van der Waals surface area contributed by atoms with Gasteiger partial charge in [0.1, 0.15) is 29.8 Å². The summed E-state index contributed by atoms with van der Waals surface area (Å²) in [6, 6.07) is 21.3. The number of ether oxygens (including phenoxy) is 2. The van der Waals surface area contributed by atoms with Gasteiger partial charge in [-0.2, -0.15) is 11.8 Å². The highest BCUT2D eigenvalue weighted by atomic mass is 32.2. The molecule has 0 saturated carbocycles. The molecule has 0 spiro atoms. The van der Waals surface area contributed by atoms with E-state index in [1.807, 2.05) is 61.5 Å². The number of methoxy groups -OCH3 is 2. The van der Waals surface area contributed by atoms with Crippen molar-refractivity contribution in [2.75, 3.05) is 20.0 Å². The number of carbonyl (C=O) groups is 3. The number of nitrogens with zero attached hydrogens (tertiary/aromatic N) is 1. The molecule has 10 heteroatoms. The van der Waals surface area contributed by atoms with Crippen molar-refractivity contribution in [2.45, 2.75) is 57.5 Å². The van der Waals surface area contributed by atoms with Crippen molar-refractivity contribution in [3.63, 3.8) is 0 Å². The van der Waals surface area contributed by atoms with Gasteiger partial charge in [0.2, 0.25) is 5.91 Å². The van der Waals surface area contributed by atoms with E-state index >= 15 is 0 Å². The van der Waals surface area contributed by atoms with Crippen LogP contribution < -0.4 is 20.1 Å². The van der Waals surface area contributed by atoms with E-state index in [2.05, 4.69) is 17.6 Å². The summed E-state index contributed by atoms with van der Waals surface area (Å²) >= 11 is 1.53. The van der Waals surface area contributed by atoms with Gasteiger partial charge in [0.05, 0.1) is 25.8 Å². The average Bonchev–Trinajstić information content (AvgIpc) is 3.40. The number of benzene rings is 3. The largest absolute Gasteiger partial charge is 0.496 e. The van der Waals surface area contributed by atoms with Crippen molar-refractivity contribution in [2.24, 2.45) is 0 Å². The Kier molecular flexibility index (Phi) is 11.9. The molecule has 2 atom stereocenters. The second kappa shape index (κ2) is 16.0. The number of nitrogens with one attached hydrogen (secondary N) is 2. The quantitative estimate of drug-likeness (QED) is 0.136. The number of rotatable bonds is 16. The third kappa shape index (κ3) is 8.60. The summed E-state index contributed by atoms with van der Waals surface area (Å²) in [5.74, 6) is 0.236. The van der Waals surface area contributed by atoms with Crippen molar-refractivity contribution in [1.82, 2.24) is 15.2 Å².